The SMILES string of the molecule is CCO[Si](OCC)(OCC)C(C)CC(C(=O)O)(C(=O)OC(C)(C)C)C(C)(C)C. The number of rotatable bonds is 11. The van der Waals surface area contributed by atoms with Crippen molar-refractivity contribution in [2.45, 2.75) is 86.8 Å². The Balaban J connectivity index is 6.31. The molecule has 0 aromatic rings. The fraction of sp³-hybridized carbons (Fsp3) is 0.900. The van der Waals surface area contributed by atoms with E-state index in [0.717, 1.165) is 0 Å². The fourth-order valence-electron chi connectivity index (χ4n) is 3.30. The van der Waals surface area contributed by atoms with Crippen molar-refractivity contribution in [3.8, 4) is 0 Å². The number of carbonyl (C=O) groups excluding carboxylic acids is 1. The number of hydrogen-bond donors (Lipinski definition) is 1. The summed E-state index contributed by atoms with van der Waals surface area (Å²) in [5.74, 6) is -1.97. The number of esters is 1. The number of carboxylic acids is 1. The van der Waals surface area contributed by atoms with Crippen molar-refractivity contribution in [2.24, 2.45) is 10.8 Å². The van der Waals surface area contributed by atoms with E-state index in [1.807, 2.05) is 27.7 Å². The molecule has 0 aliphatic heterocycles. The molecule has 0 aliphatic carbocycles. The van der Waals surface area contributed by atoms with Gasteiger partial charge < -0.3 is 23.1 Å². The van der Waals surface area contributed by atoms with Crippen LogP contribution in [0.5, 0.6) is 0 Å². The molecular formula is C20H40O7Si. The van der Waals surface area contributed by atoms with E-state index >= 15 is 0 Å². The highest BCUT2D eigenvalue weighted by molar-refractivity contribution is 6.62. The van der Waals surface area contributed by atoms with E-state index in [-0.39, 0.29) is 6.42 Å². The summed E-state index contributed by atoms with van der Waals surface area (Å²) in [5.41, 5.74) is -3.90. The molecular weight excluding hydrogens is 380 g/mol. The van der Waals surface area contributed by atoms with Gasteiger partial charge in [-0.15, -0.1) is 0 Å². The van der Waals surface area contributed by atoms with Gasteiger partial charge >= 0.3 is 20.7 Å². The second-order valence-electron chi connectivity index (χ2n) is 8.97. The summed E-state index contributed by atoms with van der Waals surface area (Å²) in [6.07, 6.45) is -0.00698. The third kappa shape index (κ3) is 6.27. The van der Waals surface area contributed by atoms with Gasteiger partial charge in [0.2, 0.25) is 0 Å². The molecule has 0 radical (unpaired) electrons. The molecule has 0 spiro atoms. The van der Waals surface area contributed by atoms with E-state index in [1.165, 1.54) is 0 Å². The van der Waals surface area contributed by atoms with E-state index in [9.17, 15) is 14.7 Å². The van der Waals surface area contributed by atoms with E-state index in [2.05, 4.69) is 0 Å². The molecule has 7 nitrogen and oxygen atoms in total. The highest BCUT2D eigenvalue weighted by Crippen LogP contribution is 2.49. The van der Waals surface area contributed by atoms with Gasteiger partial charge in [0.25, 0.3) is 0 Å². The summed E-state index contributed by atoms with van der Waals surface area (Å²) in [4.78, 5) is 25.7. The molecule has 0 aliphatic rings. The van der Waals surface area contributed by atoms with Crippen LogP contribution in [-0.2, 0) is 27.6 Å². The zero-order valence-electron chi connectivity index (χ0n) is 19.3. The van der Waals surface area contributed by atoms with Crippen molar-refractivity contribution >= 4 is 20.7 Å². The minimum atomic E-state index is -3.21. The molecule has 0 fully saturated rings. The van der Waals surface area contributed by atoms with Gasteiger partial charge in [0.1, 0.15) is 5.60 Å². The van der Waals surface area contributed by atoms with Crippen molar-refractivity contribution in [3.63, 3.8) is 0 Å². The molecule has 0 aromatic heterocycles. The van der Waals surface area contributed by atoms with Crippen LogP contribution >= 0.6 is 0 Å². The molecule has 166 valence electrons. The molecule has 8 heteroatoms. The van der Waals surface area contributed by atoms with Crippen molar-refractivity contribution < 1.29 is 32.7 Å². The van der Waals surface area contributed by atoms with Crippen LogP contribution < -0.4 is 0 Å². The predicted molar refractivity (Wildman–Crippen MR) is 110 cm³/mol. The largest absolute Gasteiger partial charge is 0.503 e. The van der Waals surface area contributed by atoms with E-state index in [0.29, 0.717) is 19.8 Å². The summed E-state index contributed by atoms with van der Waals surface area (Å²) in [5, 5.41) is 10.2. The third-order valence-corrected chi connectivity index (χ3v) is 8.13. The normalized spacial score (nSPS) is 16.4. The first-order valence-corrected chi connectivity index (χ1v) is 11.8. The lowest BCUT2D eigenvalue weighted by Gasteiger charge is -2.44. The van der Waals surface area contributed by atoms with Crippen molar-refractivity contribution in [2.75, 3.05) is 19.8 Å². The van der Waals surface area contributed by atoms with Crippen molar-refractivity contribution in [1.29, 1.82) is 0 Å². The van der Waals surface area contributed by atoms with Gasteiger partial charge in [-0.05, 0) is 53.4 Å². The van der Waals surface area contributed by atoms with Crippen LogP contribution in [0.4, 0.5) is 0 Å². The number of hydrogen-bond acceptors (Lipinski definition) is 6. The van der Waals surface area contributed by atoms with E-state index < -0.39 is 42.7 Å². The fourth-order valence-corrected chi connectivity index (χ4v) is 6.16. The monoisotopic (exact) mass is 420 g/mol. The number of ether oxygens (including phenoxy) is 1. The Kier molecular flexibility index (Phi) is 9.83. The van der Waals surface area contributed by atoms with E-state index in [1.54, 1.807) is 41.5 Å². The molecule has 1 N–H and O–H groups in total. The minimum Gasteiger partial charge on any atom is -0.480 e. The first kappa shape index (κ1) is 27.0. The van der Waals surface area contributed by atoms with Crippen molar-refractivity contribution in [1.82, 2.24) is 0 Å². The van der Waals surface area contributed by atoms with Gasteiger partial charge in [0.15, 0.2) is 5.41 Å². The Morgan fingerprint density at radius 2 is 1.29 bits per heavy atom. The Hall–Kier alpha value is -0.963. The summed E-state index contributed by atoms with van der Waals surface area (Å²) in [7, 11) is -3.21. The van der Waals surface area contributed by atoms with Crippen LogP contribution in [0.1, 0.15) is 75.7 Å². The molecule has 0 aromatic carbocycles. The van der Waals surface area contributed by atoms with Crippen molar-refractivity contribution in [3.05, 3.63) is 0 Å². The van der Waals surface area contributed by atoms with Crippen LogP contribution in [0, 0.1) is 10.8 Å². The number of aliphatic carboxylic acids is 1. The summed E-state index contributed by atoms with van der Waals surface area (Å²) >= 11 is 0. The maximum absolute atomic E-state index is 13.2. The molecule has 28 heavy (non-hydrogen) atoms. The van der Waals surface area contributed by atoms with Crippen LogP contribution in [0.15, 0.2) is 0 Å². The average molecular weight is 421 g/mol. The Bertz CT molecular complexity index is 505. The summed E-state index contributed by atoms with van der Waals surface area (Å²) in [6, 6.07) is 0. The lowest BCUT2D eigenvalue weighted by atomic mass is 9.64. The maximum atomic E-state index is 13.2. The second kappa shape index (κ2) is 10.2. The second-order valence-corrected chi connectivity index (χ2v) is 12.0. The lowest BCUT2D eigenvalue weighted by Crippen LogP contribution is -2.57. The summed E-state index contributed by atoms with van der Waals surface area (Å²) < 4.78 is 23.4. The van der Waals surface area contributed by atoms with Crippen LogP contribution in [0.3, 0.4) is 0 Å². The zero-order chi connectivity index (χ0) is 22.4. The predicted octanol–water partition coefficient (Wildman–Crippen LogP) is 4.27. The Morgan fingerprint density at radius 3 is 1.54 bits per heavy atom. The maximum Gasteiger partial charge on any atom is 0.503 e. The standard InChI is InChI=1S/C20H40O7Si/c1-11-24-28(25-12-2,26-13-3)15(4)14-20(16(21)22,18(5,6)7)17(23)27-19(8,9)10/h15H,11-14H2,1-10H3,(H,21,22). The molecule has 0 rings (SSSR count). The number of carboxylic acid groups (broad SMARTS) is 1. The topological polar surface area (TPSA) is 91.3 Å². The lowest BCUT2D eigenvalue weighted by molar-refractivity contribution is -0.187. The van der Waals surface area contributed by atoms with Gasteiger partial charge in [-0.25, -0.2) is 0 Å². The molecule has 0 saturated heterocycles. The first-order valence-electron chi connectivity index (χ1n) is 10.0. The highest BCUT2D eigenvalue weighted by Gasteiger charge is 2.61. The molecule has 0 amide bonds. The molecule has 0 bridgehead atoms. The zero-order valence-corrected chi connectivity index (χ0v) is 20.3. The van der Waals surface area contributed by atoms with Crippen LogP contribution in [0.2, 0.25) is 5.54 Å². The van der Waals surface area contributed by atoms with Gasteiger partial charge in [0.05, 0.1) is 0 Å². The van der Waals surface area contributed by atoms with Gasteiger partial charge in [0, 0.05) is 25.4 Å². The van der Waals surface area contributed by atoms with Gasteiger partial charge in [-0.2, -0.15) is 0 Å². The van der Waals surface area contributed by atoms with Crippen LogP contribution in [-0.4, -0.2) is 51.3 Å². The molecule has 0 heterocycles. The quantitative estimate of drug-likeness (QED) is 0.303. The highest BCUT2D eigenvalue weighted by atomic mass is 28.4. The van der Waals surface area contributed by atoms with E-state index in [4.69, 9.17) is 18.0 Å². The minimum absolute atomic E-state index is 0.00698. The third-order valence-electron chi connectivity index (χ3n) is 4.65. The number of carbonyl (C=O) groups is 2. The van der Waals surface area contributed by atoms with Crippen LogP contribution in [0.25, 0.3) is 0 Å². The van der Waals surface area contributed by atoms with Gasteiger partial charge in [-0.3, -0.25) is 9.59 Å². The molecule has 0 saturated carbocycles. The van der Waals surface area contributed by atoms with Gasteiger partial charge in [-0.1, -0.05) is 27.7 Å². The molecule has 2 atom stereocenters. The smallest absolute Gasteiger partial charge is 0.480 e. The average Bonchev–Trinajstić information content (AvgIpc) is 2.49. The Morgan fingerprint density at radius 1 is 0.893 bits per heavy atom. The summed E-state index contributed by atoms with van der Waals surface area (Å²) in [6.45, 7) is 18.9. The molecule has 2 unspecified atom stereocenters. The first-order chi connectivity index (χ1) is 12.6. The Labute approximate surface area is 171 Å².